The van der Waals surface area contributed by atoms with Gasteiger partial charge in [-0.05, 0) is 53.9 Å². The summed E-state index contributed by atoms with van der Waals surface area (Å²) in [5, 5.41) is 3.57. The van der Waals surface area contributed by atoms with Crippen molar-refractivity contribution in [2.75, 3.05) is 13.2 Å². The van der Waals surface area contributed by atoms with Crippen molar-refractivity contribution >= 4 is 23.4 Å². The average Bonchev–Trinajstić information content (AvgIpc) is 2.87. The summed E-state index contributed by atoms with van der Waals surface area (Å²) >= 11 is 6.04. The van der Waals surface area contributed by atoms with E-state index in [1.807, 2.05) is 42.5 Å². The van der Waals surface area contributed by atoms with Gasteiger partial charge < -0.3 is 15.0 Å². The van der Waals surface area contributed by atoms with Gasteiger partial charge in [0.1, 0.15) is 17.6 Å². The Balaban J connectivity index is 1.86. The minimum absolute atomic E-state index is 0.210. The number of hydrogen-bond acceptors (Lipinski definition) is 3. The molecule has 2 amide bonds. The lowest BCUT2D eigenvalue weighted by atomic mass is 10.0. The number of hydrogen-bond donors (Lipinski definition) is 1. The molecule has 3 aromatic rings. The van der Waals surface area contributed by atoms with E-state index in [1.165, 1.54) is 24.3 Å². The zero-order valence-corrected chi connectivity index (χ0v) is 20.5. The van der Waals surface area contributed by atoms with Crippen molar-refractivity contribution in [2.45, 2.75) is 38.8 Å². The number of benzene rings is 3. The van der Waals surface area contributed by atoms with Crippen molar-refractivity contribution in [3.05, 3.63) is 101 Å². The fourth-order valence-corrected chi connectivity index (χ4v) is 3.73. The molecule has 0 saturated heterocycles. The second kappa shape index (κ2) is 13.5. The topological polar surface area (TPSA) is 58.6 Å². The van der Waals surface area contributed by atoms with Crippen LogP contribution in [0.25, 0.3) is 0 Å². The molecule has 0 heterocycles. The third kappa shape index (κ3) is 8.41. The molecule has 5 nitrogen and oxygen atoms in total. The molecule has 3 aromatic carbocycles. The number of amides is 2. The van der Waals surface area contributed by atoms with E-state index in [9.17, 15) is 14.0 Å². The van der Waals surface area contributed by atoms with Gasteiger partial charge >= 0.3 is 0 Å². The number of ether oxygens (including phenoxy) is 1. The summed E-state index contributed by atoms with van der Waals surface area (Å²) in [6.07, 6.45) is 2.15. The van der Waals surface area contributed by atoms with Crippen LogP contribution in [-0.4, -0.2) is 35.9 Å². The standard InChI is InChI=1S/C28H30ClFN2O3/c1-2-3-17-31-28(34)26(18-21-7-5-4-6-8-21)32(19-22-9-11-23(29)12-10-22)27(33)20-35-25-15-13-24(30)14-16-25/h4-16,26H,2-3,17-20H2,1H3,(H,31,34). The summed E-state index contributed by atoms with van der Waals surface area (Å²) in [4.78, 5) is 28.3. The van der Waals surface area contributed by atoms with Crippen LogP contribution in [0.5, 0.6) is 5.75 Å². The van der Waals surface area contributed by atoms with Gasteiger partial charge in [-0.2, -0.15) is 0 Å². The number of halogens is 2. The van der Waals surface area contributed by atoms with Crippen LogP contribution >= 0.6 is 11.6 Å². The third-order valence-electron chi connectivity index (χ3n) is 5.54. The van der Waals surface area contributed by atoms with Gasteiger partial charge in [0, 0.05) is 24.5 Å². The number of carbonyl (C=O) groups is 2. The van der Waals surface area contributed by atoms with Gasteiger partial charge in [0.05, 0.1) is 0 Å². The molecular weight excluding hydrogens is 467 g/mol. The van der Waals surface area contributed by atoms with E-state index < -0.39 is 6.04 Å². The Bertz CT molecular complexity index is 1080. The summed E-state index contributed by atoms with van der Waals surface area (Å²) in [6, 6.07) is 21.5. The molecule has 7 heteroatoms. The lowest BCUT2D eigenvalue weighted by Crippen LogP contribution is -2.51. The van der Waals surface area contributed by atoms with E-state index in [0.717, 1.165) is 24.0 Å². The van der Waals surface area contributed by atoms with Crippen LogP contribution < -0.4 is 10.1 Å². The van der Waals surface area contributed by atoms with Crippen molar-refractivity contribution in [1.82, 2.24) is 10.2 Å². The van der Waals surface area contributed by atoms with Crippen LogP contribution in [0.1, 0.15) is 30.9 Å². The number of unbranched alkanes of at least 4 members (excludes halogenated alkanes) is 1. The highest BCUT2D eigenvalue weighted by atomic mass is 35.5. The van der Waals surface area contributed by atoms with Gasteiger partial charge in [-0.3, -0.25) is 9.59 Å². The van der Waals surface area contributed by atoms with Crippen LogP contribution in [0.15, 0.2) is 78.9 Å². The second-order valence-electron chi connectivity index (χ2n) is 8.24. The van der Waals surface area contributed by atoms with Crippen molar-refractivity contribution in [3.8, 4) is 5.75 Å². The second-order valence-corrected chi connectivity index (χ2v) is 8.68. The van der Waals surface area contributed by atoms with Gasteiger partial charge in [0.25, 0.3) is 5.91 Å². The number of nitrogens with zero attached hydrogens (tertiary/aromatic N) is 1. The fraction of sp³-hybridized carbons (Fsp3) is 0.286. The SMILES string of the molecule is CCCCNC(=O)C(Cc1ccccc1)N(Cc1ccc(Cl)cc1)C(=O)COc1ccc(F)cc1. The molecule has 0 fully saturated rings. The Morgan fingerprint density at radius 3 is 2.31 bits per heavy atom. The first kappa shape index (κ1) is 26.2. The fourth-order valence-electron chi connectivity index (χ4n) is 3.61. The van der Waals surface area contributed by atoms with Crippen LogP contribution in [0, 0.1) is 5.82 Å². The molecule has 0 aromatic heterocycles. The zero-order valence-electron chi connectivity index (χ0n) is 19.8. The summed E-state index contributed by atoms with van der Waals surface area (Å²) in [6.45, 7) is 2.51. The molecule has 0 aliphatic heterocycles. The Morgan fingerprint density at radius 2 is 1.66 bits per heavy atom. The van der Waals surface area contributed by atoms with Gasteiger partial charge in [0.2, 0.25) is 5.91 Å². The first-order chi connectivity index (χ1) is 17.0. The maximum atomic E-state index is 13.4. The molecule has 1 atom stereocenters. The van der Waals surface area contributed by atoms with Crippen LogP contribution in [0.2, 0.25) is 5.02 Å². The molecule has 0 radical (unpaired) electrons. The number of nitrogens with one attached hydrogen (secondary N) is 1. The molecule has 35 heavy (non-hydrogen) atoms. The molecule has 0 aliphatic rings. The maximum absolute atomic E-state index is 13.4. The van der Waals surface area contributed by atoms with Crippen LogP contribution in [0.4, 0.5) is 4.39 Å². The highest BCUT2D eigenvalue weighted by Gasteiger charge is 2.30. The number of rotatable bonds is 12. The van der Waals surface area contributed by atoms with Gasteiger partial charge in [0.15, 0.2) is 6.61 Å². The number of carbonyl (C=O) groups excluding carboxylic acids is 2. The smallest absolute Gasteiger partial charge is 0.261 e. The van der Waals surface area contributed by atoms with E-state index in [2.05, 4.69) is 12.2 Å². The highest BCUT2D eigenvalue weighted by Crippen LogP contribution is 2.18. The lowest BCUT2D eigenvalue weighted by Gasteiger charge is -2.31. The highest BCUT2D eigenvalue weighted by molar-refractivity contribution is 6.30. The monoisotopic (exact) mass is 496 g/mol. The molecule has 184 valence electrons. The molecule has 0 spiro atoms. The average molecular weight is 497 g/mol. The minimum Gasteiger partial charge on any atom is -0.484 e. The Morgan fingerprint density at radius 1 is 0.971 bits per heavy atom. The zero-order chi connectivity index (χ0) is 25.0. The van der Waals surface area contributed by atoms with Crippen molar-refractivity contribution in [3.63, 3.8) is 0 Å². The Labute approximate surface area is 210 Å². The maximum Gasteiger partial charge on any atom is 0.261 e. The molecule has 0 saturated carbocycles. The molecule has 1 N–H and O–H groups in total. The van der Waals surface area contributed by atoms with Crippen molar-refractivity contribution in [1.29, 1.82) is 0 Å². The van der Waals surface area contributed by atoms with Crippen LogP contribution in [0.3, 0.4) is 0 Å². The van der Waals surface area contributed by atoms with E-state index >= 15 is 0 Å². The van der Waals surface area contributed by atoms with Crippen molar-refractivity contribution < 1.29 is 18.7 Å². The molecule has 3 rings (SSSR count). The van der Waals surface area contributed by atoms with Gasteiger partial charge in [-0.15, -0.1) is 0 Å². The van der Waals surface area contributed by atoms with E-state index in [1.54, 1.807) is 17.0 Å². The molecule has 0 aliphatic carbocycles. The first-order valence-corrected chi connectivity index (χ1v) is 12.1. The Kier molecular flexibility index (Phi) is 10.1. The van der Waals surface area contributed by atoms with E-state index in [0.29, 0.717) is 23.7 Å². The third-order valence-corrected chi connectivity index (χ3v) is 5.79. The summed E-state index contributed by atoms with van der Waals surface area (Å²) in [5.74, 6) is -0.583. The Hall–Kier alpha value is -3.38. The van der Waals surface area contributed by atoms with E-state index in [4.69, 9.17) is 16.3 Å². The molecule has 0 bridgehead atoms. The van der Waals surface area contributed by atoms with Gasteiger partial charge in [-0.1, -0.05) is 67.4 Å². The van der Waals surface area contributed by atoms with E-state index in [-0.39, 0.29) is 30.8 Å². The molecule has 1 unspecified atom stereocenters. The summed E-state index contributed by atoms with van der Waals surface area (Å²) < 4.78 is 18.9. The van der Waals surface area contributed by atoms with Crippen LogP contribution in [-0.2, 0) is 22.6 Å². The minimum atomic E-state index is -0.741. The predicted molar refractivity (Wildman–Crippen MR) is 136 cm³/mol. The molecular formula is C28H30ClFN2O3. The summed E-state index contributed by atoms with van der Waals surface area (Å²) in [7, 11) is 0. The normalized spacial score (nSPS) is 11.5. The quantitative estimate of drug-likeness (QED) is 0.341. The summed E-state index contributed by atoms with van der Waals surface area (Å²) in [5.41, 5.74) is 1.78. The lowest BCUT2D eigenvalue weighted by molar-refractivity contribution is -0.142. The largest absolute Gasteiger partial charge is 0.484 e. The van der Waals surface area contributed by atoms with Gasteiger partial charge in [-0.25, -0.2) is 4.39 Å². The first-order valence-electron chi connectivity index (χ1n) is 11.7. The van der Waals surface area contributed by atoms with Crippen molar-refractivity contribution in [2.24, 2.45) is 0 Å². The predicted octanol–water partition coefficient (Wildman–Crippen LogP) is 5.41.